The van der Waals surface area contributed by atoms with Crippen molar-refractivity contribution in [1.29, 1.82) is 0 Å². The lowest BCUT2D eigenvalue weighted by Crippen LogP contribution is -2.39. The van der Waals surface area contributed by atoms with Gasteiger partial charge in [0.25, 0.3) is 5.91 Å². The van der Waals surface area contributed by atoms with E-state index in [9.17, 15) is 4.79 Å². The van der Waals surface area contributed by atoms with E-state index in [4.69, 9.17) is 11.6 Å². The van der Waals surface area contributed by atoms with Crippen molar-refractivity contribution in [2.45, 2.75) is 26.3 Å². The molecule has 1 atom stereocenters. The van der Waals surface area contributed by atoms with Gasteiger partial charge in [0.1, 0.15) is 0 Å². The number of carbonyl (C=O) groups is 1. The molecule has 5 nitrogen and oxygen atoms in total. The maximum absolute atomic E-state index is 12.9. The molecule has 122 valence electrons. The van der Waals surface area contributed by atoms with Crippen LogP contribution in [-0.2, 0) is 6.42 Å². The van der Waals surface area contributed by atoms with Gasteiger partial charge in [0.2, 0.25) is 0 Å². The average molecular weight is 341 g/mol. The van der Waals surface area contributed by atoms with E-state index >= 15 is 0 Å². The summed E-state index contributed by atoms with van der Waals surface area (Å²) >= 11 is 5.93. The highest BCUT2D eigenvalue weighted by atomic mass is 35.5. The van der Waals surface area contributed by atoms with E-state index in [1.165, 1.54) is 16.7 Å². The third kappa shape index (κ3) is 2.36. The van der Waals surface area contributed by atoms with Crippen molar-refractivity contribution in [2.24, 2.45) is 0 Å². The summed E-state index contributed by atoms with van der Waals surface area (Å²) in [6, 6.07) is 8.02. The Morgan fingerprint density at radius 1 is 1.38 bits per heavy atom. The molecule has 1 aliphatic rings. The van der Waals surface area contributed by atoms with Gasteiger partial charge in [-0.3, -0.25) is 4.79 Å². The first-order chi connectivity index (χ1) is 11.5. The lowest BCUT2D eigenvalue weighted by Gasteiger charge is -2.35. The fraction of sp³-hybridized carbons (Fsp3) is 0.278. The molecule has 0 spiro atoms. The molecule has 0 aliphatic carbocycles. The Morgan fingerprint density at radius 2 is 2.21 bits per heavy atom. The van der Waals surface area contributed by atoms with E-state index in [1.807, 2.05) is 4.90 Å². The fourth-order valence-electron chi connectivity index (χ4n) is 3.43. The van der Waals surface area contributed by atoms with Gasteiger partial charge in [0.15, 0.2) is 11.3 Å². The molecule has 1 aliphatic heterocycles. The predicted octanol–water partition coefficient (Wildman–Crippen LogP) is 3.45. The Bertz CT molecular complexity index is 949. The number of hydrogen-bond acceptors (Lipinski definition) is 3. The van der Waals surface area contributed by atoms with Crippen LogP contribution >= 0.6 is 11.6 Å². The van der Waals surface area contributed by atoms with E-state index in [0.29, 0.717) is 22.9 Å². The Labute approximate surface area is 144 Å². The second kappa shape index (κ2) is 5.60. The number of aromatic nitrogens is 3. The quantitative estimate of drug-likeness (QED) is 0.681. The summed E-state index contributed by atoms with van der Waals surface area (Å²) in [5.74, 6) is -0.0729. The number of nitrogens with zero attached hydrogens (tertiary/aromatic N) is 4. The van der Waals surface area contributed by atoms with Gasteiger partial charge in [-0.2, -0.15) is 5.10 Å². The topological polar surface area (TPSA) is 50.5 Å². The lowest BCUT2D eigenvalue weighted by molar-refractivity contribution is 0.0671. The van der Waals surface area contributed by atoms with Crippen LogP contribution in [-0.4, -0.2) is 31.9 Å². The van der Waals surface area contributed by atoms with Crippen LogP contribution in [0.1, 0.15) is 40.1 Å². The first kappa shape index (κ1) is 15.1. The Hall–Kier alpha value is -2.40. The first-order valence-electron chi connectivity index (χ1n) is 7.95. The summed E-state index contributed by atoms with van der Waals surface area (Å²) in [5.41, 5.74) is 4.88. The zero-order chi connectivity index (χ0) is 16.8. The van der Waals surface area contributed by atoms with Crippen molar-refractivity contribution in [3.63, 3.8) is 0 Å². The molecule has 0 saturated heterocycles. The highest BCUT2D eigenvalue weighted by molar-refractivity contribution is 6.30. The van der Waals surface area contributed by atoms with Gasteiger partial charge in [-0.15, -0.1) is 0 Å². The van der Waals surface area contributed by atoms with Crippen molar-refractivity contribution in [1.82, 2.24) is 19.5 Å². The van der Waals surface area contributed by atoms with Crippen LogP contribution in [0.3, 0.4) is 0 Å². The third-order valence-corrected chi connectivity index (χ3v) is 4.92. The zero-order valence-corrected chi connectivity index (χ0v) is 14.3. The van der Waals surface area contributed by atoms with Crippen molar-refractivity contribution < 1.29 is 4.79 Å². The van der Waals surface area contributed by atoms with Gasteiger partial charge in [0, 0.05) is 18.8 Å². The Morgan fingerprint density at radius 3 is 3.04 bits per heavy atom. The fourth-order valence-corrected chi connectivity index (χ4v) is 3.58. The lowest BCUT2D eigenvalue weighted by atomic mass is 9.90. The molecule has 2 aromatic heterocycles. The van der Waals surface area contributed by atoms with Crippen LogP contribution in [0.4, 0.5) is 0 Å². The summed E-state index contributed by atoms with van der Waals surface area (Å²) in [6.45, 7) is 4.89. The second-order valence-electron chi connectivity index (χ2n) is 6.17. The number of benzene rings is 1. The standard InChI is InChI=1S/C18H17ClN4O/c1-11-4-3-5-15-12(2)22(7-6-14(11)15)18(24)16-8-17-20-9-13(19)10-23(17)21-16/h3-5,8-10,12H,6-7H2,1-2H3. The van der Waals surface area contributed by atoms with E-state index in [2.05, 4.69) is 42.1 Å². The van der Waals surface area contributed by atoms with Gasteiger partial charge in [-0.05, 0) is 37.0 Å². The molecular formula is C18H17ClN4O. The number of rotatable bonds is 1. The summed E-state index contributed by atoms with van der Waals surface area (Å²) in [6.07, 6.45) is 4.07. The van der Waals surface area contributed by atoms with Crippen molar-refractivity contribution in [3.05, 3.63) is 64.1 Å². The van der Waals surface area contributed by atoms with Crippen molar-refractivity contribution >= 4 is 23.2 Å². The summed E-state index contributed by atoms with van der Waals surface area (Å²) in [7, 11) is 0. The minimum absolute atomic E-state index is 0.0301. The molecule has 1 unspecified atom stereocenters. The summed E-state index contributed by atoms with van der Waals surface area (Å²) < 4.78 is 1.54. The predicted molar refractivity (Wildman–Crippen MR) is 92.3 cm³/mol. The minimum Gasteiger partial charge on any atom is -0.330 e. The van der Waals surface area contributed by atoms with Crippen molar-refractivity contribution in [2.75, 3.05) is 6.54 Å². The van der Waals surface area contributed by atoms with Crippen LogP contribution in [0.2, 0.25) is 5.02 Å². The largest absolute Gasteiger partial charge is 0.330 e. The second-order valence-corrected chi connectivity index (χ2v) is 6.61. The van der Waals surface area contributed by atoms with E-state index in [-0.39, 0.29) is 11.9 Å². The van der Waals surface area contributed by atoms with E-state index < -0.39 is 0 Å². The molecular weight excluding hydrogens is 324 g/mol. The van der Waals surface area contributed by atoms with Gasteiger partial charge in [-0.25, -0.2) is 9.50 Å². The molecule has 4 rings (SSSR count). The number of fused-ring (bicyclic) bond motifs is 2. The van der Waals surface area contributed by atoms with Crippen LogP contribution in [0.25, 0.3) is 5.65 Å². The number of aryl methyl sites for hydroxylation is 1. The summed E-state index contributed by atoms with van der Waals surface area (Å²) in [4.78, 5) is 19.0. The molecule has 0 N–H and O–H groups in total. The molecule has 24 heavy (non-hydrogen) atoms. The van der Waals surface area contributed by atoms with E-state index in [1.54, 1.807) is 23.0 Å². The van der Waals surface area contributed by atoms with Crippen LogP contribution in [0.5, 0.6) is 0 Å². The normalized spacial score (nSPS) is 17.1. The highest BCUT2D eigenvalue weighted by Gasteiger charge is 2.30. The van der Waals surface area contributed by atoms with Gasteiger partial charge in [-0.1, -0.05) is 29.8 Å². The van der Waals surface area contributed by atoms with Crippen LogP contribution in [0, 0.1) is 6.92 Å². The SMILES string of the molecule is Cc1cccc2c1CCN(C(=O)c1cc3ncc(Cl)cn3n1)C2C. The number of carbonyl (C=O) groups excluding carboxylic acids is 1. The van der Waals surface area contributed by atoms with Crippen LogP contribution < -0.4 is 0 Å². The van der Waals surface area contributed by atoms with Crippen molar-refractivity contribution in [3.8, 4) is 0 Å². The Kier molecular flexibility index (Phi) is 3.53. The summed E-state index contributed by atoms with van der Waals surface area (Å²) in [5, 5.41) is 4.82. The van der Waals surface area contributed by atoms with Crippen LogP contribution in [0.15, 0.2) is 36.7 Å². The molecule has 0 saturated carbocycles. The number of amides is 1. The van der Waals surface area contributed by atoms with Gasteiger partial charge in [0.05, 0.1) is 17.3 Å². The maximum atomic E-state index is 12.9. The van der Waals surface area contributed by atoms with E-state index in [0.717, 1.165) is 6.42 Å². The number of hydrogen-bond donors (Lipinski definition) is 0. The molecule has 6 heteroatoms. The number of halogens is 1. The smallest absolute Gasteiger partial charge is 0.274 e. The molecule has 1 amide bonds. The van der Waals surface area contributed by atoms with Gasteiger partial charge < -0.3 is 4.90 Å². The maximum Gasteiger partial charge on any atom is 0.274 e. The zero-order valence-electron chi connectivity index (χ0n) is 13.5. The average Bonchev–Trinajstić information content (AvgIpc) is 2.98. The van der Waals surface area contributed by atoms with Gasteiger partial charge >= 0.3 is 0 Å². The molecule has 1 aromatic carbocycles. The molecule has 3 heterocycles. The minimum atomic E-state index is -0.0729. The first-order valence-corrected chi connectivity index (χ1v) is 8.32. The molecule has 0 bridgehead atoms. The highest BCUT2D eigenvalue weighted by Crippen LogP contribution is 2.32. The third-order valence-electron chi connectivity index (χ3n) is 4.73. The molecule has 0 radical (unpaired) electrons. The Balaban J connectivity index is 1.69. The monoisotopic (exact) mass is 340 g/mol. The molecule has 3 aromatic rings. The molecule has 0 fully saturated rings.